The zero-order chi connectivity index (χ0) is 23.8. The Morgan fingerprint density at radius 2 is 2.06 bits per heavy atom. The maximum absolute atomic E-state index is 12.3. The maximum atomic E-state index is 12.3. The first-order valence-corrected chi connectivity index (χ1v) is 12.0. The number of pyridine rings is 2. The maximum Gasteiger partial charge on any atom is 0.222 e. The molecule has 1 amide bonds. The van der Waals surface area contributed by atoms with Crippen molar-refractivity contribution in [3.8, 4) is 11.3 Å². The van der Waals surface area contributed by atoms with Gasteiger partial charge in [0.15, 0.2) is 14.9 Å². The Hall–Kier alpha value is -3.35. The van der Waals surface area contributed by atoms with Crippen LogP contribution < -0.4 is 10.6 Å². The number of aromatic nitrogens is 4. The number of amides is 1. The molecule has 0 aliphatic carbocycles. The summed E-state index contributed by atoms with van der Waals surface area (Å²) in [5, 5.41) is 20.9. The van der Waals surface area contributed by atoms with Gasteiger partial charge in [-0.2, -0.15) is 5.10 Å². The van der Waals surface area contributed by atoms with Crippen LogP contribution in [0.15, 0.2) is 41.7 Å². The number of nitrogens with zero attached hydrogens (tertiary/aromatic N) is 4. The van der Waals surface area contributed by atoms with Crippen LogP contribution in [0.5, 0.6) is 0 Å². The standard InChI is InChI=1S/C21H24N6O5S/c1-13(28)23-18-10-17(15(11-22-18)16-4-6-27(2)26-16)24-19-8-14(21(29)5-7-32-12-21)9-20(25-19)33(3,30)31/h4,6,8-11,29H,5,7,12H2,1-3H3,(H2,22,23,24,25,28). The zero-order valence-electron chi connectivity index (χ0n) is 18.4. The normalized spacial score (nSPS) is 18.3. The molecule has 3 aromatic rings. The van der Waals surface area contributed by atoms with Gasteiger partial charge in [-0.15, -0.1) is 0 Å². The van der Waals surface area contributed by atoms with Crippen LogP contribution in [0.25, 0.3) is 11.3 Å². The fourth-order valence-corrected chi connectivity index (χ4v) is 4.12. The van der Waals surface area contributed by atoms with Crippen LogP contribution in [0.2, 0.25) is 0 Å². The molecule has 3 N–H and O–H groups in total. The van der Waals surface area contributed by atoms with Gasteiger partial charge in [0.25, 0.3) is 0 Å². The first-order valence-electron chi connectivity index (χ1n) is 10.1. The van der Waals surface area contributed by atoms with Gasteiger partial charge in [0.05, 0.1) is 18.0 Å². The van der Waals surface area contributed by atoms with E-state index in [0.29, 0.717) is 41.4 Å². The van der Waals surface area contributed by atoms with Crippen LogP contribution in [0.4, 0.5) is 17.3 Å². The molecule has 1 saturated heterocycles. The van der Waals surface area contributed by atoms with Gasteiger partial charge in [-0.25, -0.2) is 18.4 Å². The van der Waals surface area contributed by atoms with Crippen LogP contribution in [0.1, 0.15) is 18.9 Å². The molecule has 0 bridgehead atoms. The summed E-state index contributed by atoms with van der Waals surface area (Å²) in [6.45, 7) is 1.79. The number of sulfone groups is 1. The third-order valence-electron chi connectivity index (χ3n) is 5.18. The monoisotopic (exact) mass is 472 g/mol. The molecule has 1 aliphatic heterocycles. The molecule has 1 unspecified atom stereocenters. The van der Waals surface area contributed by atoms with Gasteiger partial charge in [-0.3, -0.25) is 9.48 Å². The molecule has 1 atom stereocenters. The van der Waals surface area contributed by atoms with E-state index >= 15 is 0 Å². The van der Waals surface area contributed by atoms with E-state index in [4.69, 9.17) is 4.74 Å². The molecule has 33 heavy (non-hydrogen) atoms. The molecule has 174 valence electrons. The molecule has 0 aromatic carbocycles. The SMILES string of the molecule is CC(=O)Nc1cc(Nc2cc(C3(O)CCOC3)cc(S(C)(=O)=O)n2)c(-c2ccn(C)n2)cn1. The van der Waals surface area contributed by atoms with Crippen molar-refractivity contribution in [3.63, 3.8) is 0 Å². The summed E-state index contributed by atoms with van der Waals surface area (Å²) in [4.78, 5) is 20.0. The third-order valence-corrected chi connectivity index (χ3v) is 6.15. The lowest BCUT2D eigenvalue weighted by atomic mass is 9.94. The molecule has 1 aliphatic rings. The highest BCUT2D eigenvalue weighted by Crippen LogP contribution is 2.35. The van der Waals surface area contributed by atoms with E-state index in [9.17, 15) is 18.3 Å². The van der Waals surface area contributed by atoms with Gasteiger partial charge in [0.2, 0.25) is 5.91 Å². The molecule has 1 fully saturated rings. The van der Waals surface area contributed by atoms with Crippen molar-refractivity contribution in [1.82, 2.24) is 19.7 Å². The van der Waals surface area contributed by atoms with Crippen molar-refractivity contribution in [2.45, 2.75) is 24.0 Å². The molecule has 0 saturated carbocycles. The van der Waals surface area contributed by atoms with E-state index in [2.05, 4.69) is 25.7 Å². The molecule has 12 heteroatoms. The van der Waals surface area contributed by atoms with Crippen molar-refractivity contribution in [2.75, 3.05) is 30.1 Å². The summed E-state index contributed by atoms with van der Waals surface area (Å²) in [5.41, 5.74) is 0.784. The van der Waals surface area contributed by atoms with Crippen LogP contribution in [0, 0.1) is 0 Å². The number of nitrogens with one attached hydrogen (secondary N) is 2. The summed E-state index contributed by atoms with van der Waals surface area (Å²) in [6.07, 6.45) is 4.71. The molecular weight excluding hydrogens is 448 g/mol. The molecule has 11 nitrogen and oxygen atoms in total. The second kappa shape index (κ2) is 8.54. The van der Waals surface area contributed by atoms with E-state index in [-0.39, 0.29) is 23.4 Å². The Bertz CT molecular complexity index is 1310. The summed E-state index contributed by atoms with van der Waals surface area (Å²) in [5.74, 6) is 0.208. The lowest BCUT2D eigenvalue weighted by Crippen LogP contribution is -2.26. The number of ether oxygens (including phenoxy) is 1. The predicted molar refractivity (Wildman–Crippen MR) is 121 cm³/mol. The number of hydrogen-bond donors (Lipinski definition) is 3. The third kappa shape index (κ3) is 5.02. The van der Waals surface area contributed by atoms with Crippen LogP contribution in [-0.2, 0) is 32.0 Å². The second-order valence-electron chi connectivity index (χ2n) is 7.98. The van der Waals surface area contributed by atoms with E-state index < -0.39 is 15.4 Å². The second-order valence-corrected chi connectivity index (χ2v) is 9.94. The summed E-state index contributed by atoms with van der Waals surface area (Å²) in [7, 11) is -1.89. The van der Waals surface area contributed by atoms with E-state index in [0.717, 1.165) is 6.26 Å². The molecule has 4 heterocycles. The van der Waals surface area contributed by atoms with E-state index in [1.165, 1.54) is 13.0 Å². The van der Waals surface area contributed by atoms with Gasteiger partial charge in [0, 0.05) is 57.3 Å². The first-order chi connectivity index (χ1) is 15.5. The van der Waals surface area contributed by atoms with Gasteiger partial charge in [-0.05, 0) is 23.8 Å². The molecular formula is C21H24N6O5S. The number of hydrogen-bond acceptors (Lipinski definition) is 9. The van der Waals surface area contributed by atoms with E-state index in [1.54, 1.807) is 42.3 Å². The highest BCUT2D eigenvalue weighted by atomic mass is 32.2. The Labute approximate surface area is 190 Å². The van der Waals surface area contributed by atoms with Gasteiger partial charge >= 0.3 is 0 Å². The van der Waals surface area contributed by atoms with Gasteiger partial charge in [0.1, 0.15) is 17.2 Å². The summed E-state index contributed by atoms with van der Waals surface area (Å²) in [6, 6.07) is 6.35. The highest BCUT2D eigenvalue weighted by Gasteiger charge is 2.35. The lowest BCUT2D eigenvalue weighted by Gasteiger charge is -2.22. The van der Waals surface area contributed by atoms with Crippen molar-refractivity contribution in [1.29, 1.82) is 0 Å². The molecule has 3 aromatic heterocycles. The number of carbonyl (C=O) groups is 1. The zero-order valence-corrected chi connectivity index (χ0v) is 19.2. The number of carbonyl (C=O) groups excluding carboxylic acids is 1. The van der Waals surface area contributed by atoms with Gasteiger partial charge in [-0.1, -0.05) is 0 Å². The minimum absolute atomic E-state index is 0.0563. The number of aliphatic hydroxyl groups is 1. The lowest BCUT2D eigenvalue weighted by molar-refractivity contribution is -0.114. The Balaban J connectivity index is 1.82. The fraction of sp³-hybridized carbons (Fsp3) is 0.333. The summed E-state index contributed by atoms with van der Waals surface area (Å²) < 4.78 is 31.6. The van der Waals surface area contributed by atoms with E-state index in [1.807, 2.05) is 0 Å². The Morgan fingerprint density at radius 3 is 2.67 bits per heavy atom. The first kappa shape index (κ1) is 22.8. The van der Waals surface area contributed by atoms with Crippen molar-refractivity contribution < 1.29 is 23.1 Å². The molecule has 0 spiro atoms. The van der Waals surface area contributed by atoms with Crippen molar-refractivity contribution >= 4 is 33.1 Å². The smallest absolute Gasteiger partial charge is 0.222 e. The Kier molecular flexibility index (Phi) is 5.91. The number of aryl methyl sites for hydroxylation is 1. The van der Waals surface area contributed by atoms with Crippen LogP contribution >= 0.6 is 0 Å². The Morgan fingerprint density at radius 1 is 1.27 bits per heavy atom. The minimum Gasteiger partial charge on any atom is -0.383 e. The topological polar surface area (TPSA) is 148 Å². The van der Waals surface area contributed by atoms with Crippen LogP contribution in [0.3, 0.4) is 0 Å². The largest absolute Gasteiger partial charge is 0.383 e. The van der Waals surface area contributed by atoms with Crippen molar-refractivity contribution in [2.24, 2.45) is 7.05 Å². The minimum atomic E-state index is -3.67. The number of anilines is 3. The predicted octanol–water partition coefficient (Wildman–Crippen LogP) is 1.59. The molecule has 0 radical (unpaired) electrons. The average Bonchev–Trinajstić information content (AvgIpc) is 3.36. The quantitative estimate of drug-likeness (QED) is 0.486. The van der Waals surface area contributed by atoms with Crippen molar-refractivity contribution in [3.05, 3.63) is 42.2 Å². The number of rotatable bonds is 6. The average molecular weight is 473 g/mol. The highest BCUT2D eigenvalue weighted by molar-refractivity contribution is 7.90. The fourth-order valence-electron chi connectivity index (χ4n) is 3.52. The van der Waals surface area contributed by atoms with Gasteiger partial charge < -0.3 is 20.5 Å². The summed E-state index contributed by atoms with van der Waals surface area (Å²) >= 11 is 0. The van der Waals surface area contributed by atoms with Crippen LogP contribution in [-0.4, -0.2) is 58.6 Å². The molecule has 4 rings (SSSR count).